The summed E-state index contributed by atoms with van der Waals surface area (Å²) in [6.07, 6.45) is 0. The zero-order valence-corrected chi connectivity index (χ0v) is 14.3. The van der Waals surface area contributed by atoms with Crippen LogP contribution in [0.15, 0.2) is 29.4 Å². The molecular formula is C14H18ClN5OS. The predicted molar refractivity (Wildman–Crippen MR) is 86.9 cm³/mol. The van der Waals surface area contributed by atoms with E-state index in [0.29, 0.717) is 22.5 Å². The van der Waals surface area contributed by atoms with E-state index in [0.717, 1.165) is 5.56 Å². The van der Waals surface area contributed by atoms with Crippen LogP contribution in [0.4, 0.5) is 0 Å². The normalized spacial score (nSPS) is 11.0. The number of hydrogen-bond acceptors (Lipinski definition) is 5. The number of thioether (sulfide) groups is 1. The van der Waals surface area contributed by atoms with Crippen LogP contribution in [0.1, 0.15) is 25.5 Å². The Labute approximate surface area is 138 Å². The van der Waals surface area contributed by atoms with Gasteiger partial charge in [-0.25, -0.2) is 4.68 Å². The number of hydrogen-bond donors (Lipinski definition) is 0. The topological polar surface area (TPSA) is 63.9 Å². The highest BCUT2D eigenvalue weighted by Gasteiger charge is 2.14. The van der Waals surface area contributed by atoms with Gasteiger partial charge in [0.15, 0.2) is 0 Å². The van der Waals surface area contributed by atoms with Crippen molar-refractivity contribution in [3.8, 4) is 0 Å². The first-order valence-electron chi connectivity index (χ1n) is 6.86. The van der Waals surface area contributed by atoms with Crippen LogP contribution in [0.5, 0.6) is 0 Å². The number of carbonyl (C=O) groups is 1. The molecule has 0 aliphatic rings. The average Bonchev–Trinajstić information content (AvgIpc) is 2.93. The van der Waals surface area contributed by atoms with Crippen molar-refractivity contribution >= 4 is 29.3 Å². The highest BCUT2D eigenvalue weighted by Crippen LogP contribution is 2.18. The molecule has 0 saturated carbocycles. The highest BCUT2D eigenvalue weighted by molar-refractivity contribution is 7.99. The molecule has 1 heterocycles. The number of carbonyl (C=O) groups excluding carboxylic acids is 1. The van der Waals surface area contributed by atoms with Gasteiger partial charge in [-0.1, -0.05) is 35.5 Å². The van der Waals surface area contributed by atoms with E-state index in [1.807, 2.05) is 38.1 Å². The minimum absolute atomic E-state index is 0.0169. The number of benzene rings is 1. The van der Waals surface area contributed by atoms with Crippen LogP contribution < -0.4 is 0 Å². The molecule has 6 nitrogen and oxygen atoms in total. The Morgan fingerprint density at radius 3 is 2.91 bits per heavy atom. The Hall–Kier alpha value is -1.60. The van der Waals surface area contributed by atoms with E-state index < -0.39 is 0 Å². The maximum Gasteiger partial charge on any atom is 0.233 e. The fourth-order valence-electron chi connectivity index (χ4n) is 1.84. The molecule has 1 amide bonds. The summed E-state index contributed by atoms with van der Waals surface area (Å²) in [4.78, 5) is 13.9. The fourth-order valence-corrected chi connectivity index (χ4v) is 3.00. The average molecular weight is 340 g/mol. The summed E-state index contributed by atoms with van der Waals surface area (Å²) < 4.78 is 1.70. The molecule has 0 N–H and O–H groups in total. The first-order chi connectivity index (χ1) is 10.5. The van der Waals surface area contributed by atoms with Gasteiger partial charge in [-0.2, -0.15) is 0 Å². The van der Waals surface area contributed by atoms with Gasteiger partial charge in [0.1, 0.15) is 0 Å². The van der Waals surface area contributed by atoms with Crippen LogP contribution in [0.3, 0.4) is 0 Å². The minimum atomic E-state index is 0.0169. The van der Waals surface area contributed by atoms with E-state index in [4.69, 9.17) is 11.6 Å². The molecule has 8 heteroatoms. The first-order valence-corrected chi connectivity index (χ1v) is 8.23. The number of tetrazole rings is 1. The van der Waals surface area contributed by atoms with Gasteiger partial charge < -0.3 is 4.90 Å². The van der Waals surface area contributed by atoms with Gasteiger partial charge in [0, 0.05) is 18.6 Å². The van der Waals surface area contributed by atoms with Gasteiger partial charge in [0.05, 0.1) is 11.8 Å². The van der Waals surface area contributed by atoms with Gasteiger partial charge in [0.2, 0.25) is 11.1 Å². The summed E-state index contributed by atoms with van der Waals surface area (Å²) >= 11 is 7.29. The molecule has 2 rings (SSSR count). The number of aromatic nitrogens is 4. The van der Waals surface area contributed by atoms with Crippen molar-refractivity contribution in [2.45, 2.75) is 31.6 Å². The lowest BCUT2D eigenvalue weighted by Crippen LogP contribution is -2.28. The lowest BCUT2D eigenvalue weighted by Gasteiger charge is -2.17. The number of amides is 1. The van der Waals surface area contributed by atoms with E-state index in [1.165, 1.54) is 11.8 Å². The lowest BCUT2D eigenvalue weighted by atomic mass is 10.2. The summed E-state index contributed by atoms with van der Waals surface area (Å²) in [6, 6.07) is 7.66. The van der Waals surface area contributed by atoms with Crippen LogP contribution in [-0.4, -0.2) is 43.8 Å². The Morgan fingerprint density at radius 2 is 2.23 bits per heavy atom. The Morgan fingerprint density at radius 1 is 1.45 bits per heavy atom. The third kappa shape index (κ3) is 4.45. The van der Waals surface area contributed by atoms with E-state index in [9.17, 15) is 4.79 Å². The van der Waals surface area contributed by atoms with Crippen LogP contribution in [0, 0.1) is 0 Å². The van der Waals surface area contributed by atoms with Crippen molar-refractivity contribution in [2.75, 3.05) is 12.8 Å². The first kappa shape index (κ1) is 16.8. The molecule has 0 aliphatic heterocycles. The van der Waals surface area contributed by atoms with E-state index in [2.05, 4.69) is 15.5 Å². The zero-order valence-electron chi connectivity index (χ0n) is 12.7. The largest absolute Gasteiger partial charge is 0.341 e. The number of halogens is 1. The second kappa shape index (κ2) is 7.60. The molecule has 22 heavy (non-hydrogen) atoms. The summed E-state index contributed by atoms with van der Waals surface area (Å²) in [5, 5.41) is 12.8. The minimum Gasteiger partial charge on any atom is -0.341 e. The molecule has 0 bridgehead atoms. The molecule has 0 fully saturated rings. The molecule has 1 aromatic heterocycles. The van der Waals surface area contributed by atoms with Crippen molar-refractivity contribution in [1.82, 2.24) is 25.1 Å². The van der Waals surface area contributed by atoms with Gasteiger partial charge in [0.25, 0.3) is 0 Å². The molecule has 0 atom stereocenters. The van der Waals surface area contributed by atoms with Gasteiger partial charge >= 0.3 is 0 Å². The van der Waals surface area contributed by atoms with Gasteiger partial charge in [-0.15, -0.1) is 5.10 Å². The monoisotopic (exact) mass is 339 g/mol. The van der Waals surface area contributed by atoms with E-state index in [-0.39, 0.29) is 11.9 Å². The molecule has 0 unspecified atom stereocenters. The van der Waals surface area contributed by atoms with Gasteiger partial charge in [-0.05, 0) is 42.0 Å². The zero-order chi connectivity index (χ0) is 16.1. The maximum absolute atomic E-state index is 12.2. The maximum atomic E-state index is 12.2. The standard InChI is InChI=1S/C14H18ClN5OS/c1-10(2)20-14(16-17-18-20)22-9-13(21)19(3)8-11-5-4-6-12(15)7-11/h4-7,10H,8-9H2,1-3H3. The van der Waals surface area contributed by atoms with Crippen molar-refractivity contribution in [2.24, 2.45) is 0 Å². The Balaban J connectivity index is 1.90. The van der Waals surface area contributed by atoms with Crippen molar-refractivity contribution < 1.29 is 4.79 Å². The predicted octanol–water partition coefficient (Wildman–Crippen LogP) is 2.66. The number of rotatable bonds is 6. The van der Waals surface area contributed by atoms with Crippen molar-refractivity contribution in [3.63, 3.8) is 0 Å². The molecule has 0 radical (unpaired) electrons. The van der Waals surface area contributed by atoms with Crippen LogP contribution >= 0.6 is 23.4 Å². The summed E-state index contributed by atoms with van der Waals surface area (Å²) in [6.45, 7) is 4.51. The quantitative estimate of drug-likeness (QED) is 0.757. The summed E-state index contributed by atoms with van der Waals surface area (Å²) in [7, 11) is 1.77. The number of nitrogens with zero attached hydrogens (tertiary/aromatic N) is 5. The van der Waals surface area contributed by atoms with Crippen LogP contribution in [0.25, 0.3) is 0 Å². The molecule has 0 spiro atoms. The molecule has 1 aromatic carbocycles. The highest BCUT2D eigenvalue weighted by atomic mass is 35.5. The van der Waals surface area contributed by atoms with Crippen molar-refractivity contribution in [3.05, 3.63) is 34.9 Å². The van der Waals surface area contributed by atoms with E-state index >= 15 is 0 Å². The molecule has 2 aromatic rings. The summed E-state index contributed by atoms with van der Waals surface area (Å²) in [5.41, 5.74) is 1.00. The third-order valence-electron chi connectivity index (χ3n) is 3.01. The van der Waals surface area contributed by atoms with E-state index in [1.54, 1.807) is 16.6 Å². The Bertz CT molecular complexity index is 646. The van der Waals surface area contributed by atoms with Gasteiger partial charge in [-0.3, -0.25) is 4.79 Å². The van der Waals surface area contributed by atoms with Crippen molar-refractivity contribution in [1.29, 1.82) is 0 Å². The lowest BCUT2D eigenvalue weighted by molar-refractivity contribution is -0.127. The fraction of sp³-hybridized carbons (Fsp3) is 0.429. The SMILES string of the molecule is CC(C)n1nnnc1SCC(=O)N(C)Cc1cccc(Cl)c1. The molecule has 0 saturated heterocycles. The van der Waals surface area contributed by atoms with Crippen LogP contribution in [-0.2, 0) is 11.3 Å². The molecular weight excluding hydrogens is 322 g/mol. The molecule has 118 valence electrons. The smallest absolute Gasteiger partial charge is 0.233 e. The Kier molecular flexibility index (Phi) is 5.79. The second-order valence-corrected chi connectivity index (χ2v) is 6.55. The third-order valence-corrected chi connectivity index (χ3v) is 4.16. The second-order valence-electron chi connectivity index (χ2n) is 5.17. The summed E-state index contributed by atoms with van der Waals surface area (Å²) in [5.74, 6) is 0.313. The van der Waals surface area contributed by atoms with Crippen LogP contribution in [0.2, 0.25) is 5.02 Å². The molecule has 0 aliphatic carbocycles.